The Bertz CT molecular complexity index is 370. The molecule has 0 radical (unpaired) electrons. The van der Waals surface area contributed by atoms with Crippen molar-refractivity contribution in [3.8, 4) is 11.5 Å². The Labute approximate surface area is 120 Å². The van der Waals surface area contributed by atoms with E-state index in [0.29, 0.717) is 10.8 Å². The van der Waals surface area contributed by atoms with E-state index in [0.717, 1.165) is 24.4 Å². The summed E-state index contributed by atoms with van der Waals surface area (Å²) in [5, 5.41) is 3.92. The van der Waals surface area contributed by atoms with Gasteiger partial charge in [0, 0.05) is 23.2 Å². The molecule has 0 amide bonds. The van der Waals surface area contributed by atoms with Crippen LogP contribution in [0, 0.1) is 0 Å². The van der Waals surface area contributed by atoms with E-state index in [1.807, 2.05) is 19.9 Å². The number of rotatable bonds is 6. The van der Waals surface area contributed by atoms with E-state index in [1.165, 1.54) is 0 Å². The van der Waals surface area contributed by atoms with E-state index < -0.39 is 0 Å². The third kappa shape index (κ3) is 4.92. The fraction of sp³-hybridized carbons (Fsp3) is 0.538. The maximum atomic E-state index is 6.05. The molecule has 0 spiro atoms. The summed E-state index contributed by atoms with van der Waals surface area (Å²) in [4.78, 5) is 0. The van der Waals surface area contributed by atoms with Gasteiger partial charge in [0.05, 0.1) is 13.2 Å². The van der Waals surface area contributed by atoms with Crippen LogP contribution in [0.15, 0.2) is 12.1 Å². The van der Waals surface area contributed by atoms with Gasteiger partial charge in [0.15, 0.2) is 11.5 Å². The molecule has 3 nitrogen and oxygen atoms in total. The molecular formula is C13H21Cl2NO2. The van der Waals surface area contributed by atoms with Gasteiger partial charge in [-0.15, -0.1) is 12.4 Å². The Balaban J connectivity index is 0.00000289. The van der Waals surface area contributed by atoms with Crippen molar-refractivity contribution in [3.63, 3.8) is 0 Å². The first-order chi connectivity index (χ1) is 8.08. The Morgan fingerprint density at radius 2 is 2.00 bits per heavy atom. The zero-order valence-electron chi connectivity index (χ0n) is 11.2. The largest absolute Gasteiger partial charge is 0.493 e. The van der Waals surface area contributed by atoms with E-state index in [4.69, 9.17) is 21.1 Å². The molecule has 0 fully saturated rings. The average molecular weight is 294 g/mol. The first-order valence-corrected chi connectivity index (χ1v) is 6.20. The summed E-state index contributed by atoms with van der Waals surface area (Å²) in [6.07, 6.45) is 0.102. The number of ether oxygens (including phenoxy) is 2. The van der Waals surface area contributed by atoms with E-state index >= 15 is 0 Å². The minimum atomic E-state index is 0. The summed E-state index contributed by atoms with van der Waals surface area (Å²) in [5.41, 5.74) is 1.02. The second kappa shape index (κ2) is 8.46. The highest BCUT2D eigenvalue weighted by Crippen LogP contribution is 2.35. The molecule has 0 bridgehead atoms. The number of halogens is 2. The maximum absolute atomic E-state index is 6.05. The summed E-state index contributed by atoms with van der Waals surface area (Å²) in [5.74, 6) is 1.45. The summed E-state index contributed by atoms with van der Waals surface area (Å²) in [6, 6.07) is 3.68. The van der Waals surface area contributed by atoms with Crippen LogP contribution < -0.4 is 14.8 Å². The lowest BCUT2D eigenvalue weighted by atomic mass is 10.1. The molecule has 0 saturated heterocycles. The molecule has 104 valence electrons. The van der Waals surface area contributed by atoms with Gasteiger partial charge in [0.2, 0.25) is 0 Å². The van der Waals surface area contributed by atoms with Crippen molar-refractivity contribution in [1.29, 1.82) is 0 Å². The van der Waals surface area contributed by atoms with E-state index in [9.17, 15) is 0 Å². The summed E-state index contributed by atoms with van der Waals surface area (Å²) >= 11 is 6.05. The highest BCUT2D eigenvalue weighted by molar-refractivity contribution is 6.30. The number of hydrogen-bond acceptors (Lipinski definition) is 3. The SMILES string of the molecule is CCNCc1cc(Cl)cc(OC)c1OC(C)C.Cl. The van der Waals surface area contributed by atoms with Gasteiger partial charge in [0.1, 0.15) is 0 Å². The Hall–Kier alpha value is -0.640. The Morgan fingerprint density at radius 3 is 2.50 bits per heavy atom. The topological polar surface area (TPSA) is 30.5 Å². The molecule has 0 unspecified atom stereocenters. The number of benzene rings is 1. The predicted molar refractivity (Wildman–Crippen MR) is 78.4 cm³/mol. The fourth-order valence-electron chi connectivity index (χ4n) is 1.53. The Kier molecular flexibility index (Phi) is 8.16. The monoisotopic (exact) mass is 293 g/mol. The van der Waals surface area contributed by atoms with Crippen LogP contribution in [0.5, 0.6) is 11.5 Å². The summed E-state index contributed by atoms with van der Waals surface area (Å²) in [7, 11) is 1.62. The van der Waals surface area contributed by atoms with Crippen LogP contribution >= 0.6 is 24.0 Å². The van der Waals surface area contributed by atoms with Gasteiger partial charge in [-0.05, 0) is 26.5 Å². The van der Waals surface area contributed by atoms with Crippen LogP contribution in [0.1, 0.15) is 26.3 Å². The molecule has 1 rings (SSSR count). The van der Waals surface area contributed by atoms with Crippen molar-refractivity contribution < 1.29 is 9.47 Å². The summed E-state index contributed by atoms with van der Waals surface area (Å²) < 4.78 is 11.1. The molecule has 1 aromatic carbocycles. The molecule has 0 aliphatic heterocycles. The highest BCUT2D eigenvalue weighted by atomic mass is 35.5. The molecule has 0 aromatic heterocycles. The first kappa shape index (κ1) is 17.4. The van der Waals surface area contributed by atoms with E-state index in [2.05, 4.69) is 12.2 Å². The average Bonchev–Trinajstić information content (AvgIpc) is 2.28. The Morgan fingerprint density at radius 1 is 1.33 bits per heavy atom. The van der Waals surface area contributed by atoms with Crippen molar-refractivity contribution in [2.24, 2.45) is 0 Å². The molecule has 0 aliphatic carbocycles. The van der Waals surface area contributed by atoms with Gasteiger partial charge in [-0.2, -0.15) is 0 Å². The lowest BCUT2D eigenvalue weighted by Crippen LogP contribution is -2.15. The molecule has 0 heterocycles. The van der Waals surface area contributed by atoms with Crippen molar-refractivity contribution in [1.82, 2.24) is 5.32 Å². The van der Waals surface area contributed by atoms with Crippen molar-refractivity contribution in [2.45, 2.75) is 33.4 Å². The van der Waals surface area contributed by atoms with Gasteiger partial charge in [-0.3, -0.25) is 0 Å². The smallest absolute Gasteiger partial charge is 0.166 e. The van der Waals surface area contributed by atoms with Gasteiger partial charge < -0.3 is 14.8 Å². The van der Waals surface area contributed by atoms with Crippen molar-refractivity contribution >= 4 is 24.0 Å². The van der Waals surface area contributed by atoms with Crippen molar-refractivity contribution in [2.75, 3.05) is 13.7 Å². The zero-order valence-corrected chi connectivity index (χ0v) is 12.8. The molecule has 1 aromatic rings. The van der Waals surface area contributed by atoms with Crippen LogP contribution in [0.25, 0.3) is 0 Å². The van der Waals surface area contributed by atoms with Crippen LogP contribution in [0.2, 0.25) is 5.02 Å². The lowest BCUT2D eigenvalue weighted by molar-refractivity contribution is 0.227. The van der Waals surface area contributed by atoms with Gasteiger partial charge in [-0.1, -0.05) is 18.5 Å². The molecule has 1 N–H and O–H groups in total. The molecule has 5 heteroatoms. The molecule has 18 heavy (non-hydrogen) atoms. The zero-order chi connectivity index (χ0) is 12.8. The molecule has 0 atom stereocenters. The molecular weight excluding hydrogens is 273 g/mol. The first-order valence-electron chi connectivity index (χ1n) is 5.82. The minimum Gasteiger partial charge on any atom is -0.493 e. The second-order valence-electron chi connectivity index (χ2n) is 4.04. The lowest BCUT2D eigenvalue weighted by Gasteiger charge is -2.18. The molecule has 0 saturated carbocycles. The summed E-state index contributed by atoms with van der Waals surface area (Å²) in [6.45, 7) is 7.66. The third-order valence-corrected chi connectivity index (χ3v) is 2.45. The van der Waals surface area contributed by atoms with E-state index in [1.54, 1.807) is 13.2 Å². The normalized spacial score (nSPS) is 10.1. The van der Waals surface area contributed by atoms with Crippen LogP contribution in [0.4, 0.5) is 0 Å². The fourth-order valence-corrected chi connectivity index (χ4v) is 1.77. The van der Waals surface area contributed by atoms with E-state index in [-0.39, 0.29) is 18.5 Å². The predicted octanol–water partition coefficient (Wildman–Crippen LogP) is 3.67. The quantitative estimate of drug-likeness (QED) is 0.868. The van der Waals surface area contributed by atoms with Gasteiger partial charge in [0.25, 0.3) is 0 Å². The van der Waals surface area contributed by atoms with Crippen LogP contribution in [-0.4, -0.2) is 19.8 Å². The van der Waals surface area contributed by atoms with Crippen LogP contribution in [0.3, 0.4) is 0 Å². The number of hydrogen-bond donors (Lipinski definition) is 1. The standard InChI is InChI=1S/C13H20ClNO2.ClH/c1-5-15-8-10-6-11(14)7-12(16-4)13(10)17-9(2)3;/h6-7,9,15H,5,8H2,1-4H3;1H. The highest BCUT2D eigenvalue weighted by Gasteiger charge is 2.13. The van der Waals surface area contributed by atoms with Gasteiger partial charge in [-0.25, -0.2) is 0 Å². The number of methoxy groups -OCH3 is 1. The third-order valence-electron chi connectivity index (χ3n) is 2.24. The second-order valence-corrected chi connectivity index (χ2v) is 4.48. The maximum Gasteiger partial charge on any atom is 0.166 e. The minimum absolute atomic E-state index is 0. The van der Waals surface area contributed by atoms with Gasteiger partial charge >= 0.3 is 0 Å². The number of nitrogens with one attached hydrogen (secondary N) is 1. The molecule has 0 aliphatic rings. The van der Waals surface area contributed by atoms with Crippen molar-refractivity contribution in [3.05, 3.63) is 22.7 Å². The van der Waals surface area contributed by atoms with Crippen LogP contribution in [-0.2, 0) is 6.54 Å².